The maximum Gasteiger partial charge on any atom is 0.389 e. The molecule has 102 valence electrons. The summed E-state index contributed by atoms with van der Waals surface area (Å²) in [5, 5.41) is 6.61. The standard InChI is InChI=1S/C12H23F3N2/c1-10(9-11-5-2-3-7-17-11)16-8-4-6-12(13,14)15/h10-11,16-17H,2-9H2,1H3. The summed E-state index contributed by atoms with van der Waals surface area (Å²) in [4.78, 5) is 0. The van der Waals surface area contributed by atoms with E-state index < -0.39 is 12.6 Å². The molecule has 1 aliphatic heterocycles. The molecule has 17 heavy (non-hydrogen) atoms. The van der Waals surface area contributed by atoms with Gasteiger partial charge in [0.15, 0.2) is 0 Å². The van der Waals surface area contributed by atoms with Crippen molar-refractivity contribution in [2.45, 2.75) is 63.7 Å². The molecule has 0 amide bonds. The van der Waals surface area contributed by atoms with Gasteiger partial charge in [0.2, 0.25) is 0 Å². The molecule has 5 heteroatoms. The number of piperidine rings is 1. The molecule has 0 aromatic carbocycles. The van der Waals surface area contributed by atoms with E-state index in [4.69, 9.17) is 0 Å². The highest BCUT2D eigenvalue weighted by molar-refractivity contribution is 4.76. The summed E-state index contributed by atoms with van der Waals surface area (Å²) in [6.45, 7) is 3.57. The molecule has 1 saturated heterocycles. The Morgan fingerprint density at radius 3 is 2.71 bits per heavy atom. The Morgan fingerprint density at radius 1 is 1.35 bits per heavy atom. The third-order valence-electron chi connectivity index (χ3n) is 3.18. The number of halogens is 3. The fourth-order valence-corrected chi connectivity index (χ4v) is 2.27. The van der Waals surface area contributed by atoms with E-state index in [2.05, 4.69) is 10.6 Å². The molecule has 2 N–H and O–H groups in total. The summed E-state index contributed by atoms with van der Waals surface area (Å²) in [5.74, 6) is 0. The van der Waals surface area contributed by atoms with Crippen LogP contribution < -0.4 is 10.6 Å². The minimum atomic E-state index is -4.02. The van der Waals surface area contributed by atoms with Crippen LogP contribution in [0.3, 0.4) is 0 Å². The fourth-order valence-electron chi connectivity index (χ4n) is 2.27. The average Bonchev–Trinajstić information content (AvgIpc) is 2.25. The van der Waals surface area contributed by atoms with Crippen LogP contribution in [0.1, 0.15) is 45.4 Å². The number of hydrogen-bond acceptors (Lipinski definition) is 2. The quantitative estimate of drug-likeness (QED) is 0.710. The lowest BCUT2D eigenvalue weighted by Crippen LogP contribution is -2.40. The van der Waals surface area contributed by atoms with Crippen molar-refractivity contribution in [2.24, 2.45) is 0 Å². The van der Waals surface area contributed by atoms with Crippen LogP contribution in [0.4, 0.5) is 13.2 Å². The lowest BCUT2D eigenvalue weighted by atomic mass is 9.99. The molecule has 0 spiro atoms. The van der Waals surface area contributed by atoms with Crippen LogP contribution in [0, 0.1) is 0 Å². The summed E-state index contributed by atoms with van der Waals surface area (Å²) in [6.07, 6.45) is 0.166. The second-order valence-electron chi connectivity index (χ2n) is 4.96. The van der Waals surface area contributed by atoms with Crippen molar-refractivity contribution >= 4 is 0 Å². The lowest BCUT2D eigenvalue weighted by Gasteiger charge is -2.26. The van der Waals surface area contributed by atoms with E-state index in [1.807, 2.05) is 6.92 Å². The van der Waals surface area contributed by atoms with Gasteiger partial charge in [0.25, 0.3) is 0 Å². The molecule has 1 fully saturated rings. The van der Waals surface area contributed by atoms with Crippen molar-refractivity contribution in [3.05, 3.63) is 0 Å². The Bertz CT molecular complexity index is 200. The summed E-state index contributed by atoms with van der Waals surface area (Å²) in [6, 6.07) is 0.827. The zero-order valence-corrected chi connectivity index (χ0v) is 10.4. The third kappa shape index (κ3) is 7.60. The molecule has 1 rings (SSSR count). The van der Waals surface area contributed by atoms with Gasteiger partial charge in [-0.05, 0) is 45.7 Å². The first kappa shape index (κ1) is 14.8. The van der Waals surface area contributed by atoms with E-state index in [-0.39, 0.29) is 6.42 Å². The zero-order chi connectivity index (χ0) is 12.7. The lowest BCUT2D eigenvalue weighted by molar-refractivity contribution is -0.135. The molecule has 0 aliphatic carbocycles. The smallest absolute Gasteiger partial charge is 0.314 e. The molecule has 1 heterocycles. The van der Waals surface area contributed by atoms with Crippen LogP contribution >= 0.6 is 0 Å². The van der Waals surface area contributed by atoms with Crippen molar-refractivity contribution in [3.8, 4) is 0 Å². The number of hydrogen-bond donors (Lipinski definition) is 2. The molecule has 2 unspecified atom stereocenters. The Hall–Kier alpha value is -0.290. The number of nitrogens with one attached hydrogen (secondary N) is 2. The highest BCUT2D eigenvalue weighted by Crippen LogP contribution is 2.20. The van der Waals surface area contributed by atoms with E-state index >= 15 is 0 Å². The van der Waals surface area contributed by atoms with Crippen LogP contribution in [-0.4, -0.2) is 31.3 Å². The highest BCUT2D eigenvalue weighted by Gasteiger charge is 2.26. The van der Waals surface area contributed by atoms with Crippen molar-refractivity contribution in [2.75, 3.05) is 13.1 Å². The Balaban J connectivity index is 2.02. The summed E-state index contributed by atoms with van der Waals surface area (Å²) in [5.41, 5.74) is 0. The molecule has 2 atom stereocenters. The van der Waals surface area contributed by atoms with Gasteiger partial charge in [-0.25, -0.2) is 0 Å². The Kier molecular flexibility index (Phi) is 6.27. The van der Waals surface area contributed by atoms with Gasteiger partial charge in [-0.15, -0.1) is 0 Å². The van der Waals surface area contributed by atoms with E-state index in [1.165, 1.54) is 19.3 Å². The first-order valence-electron chi connectivity index (χ1n) is 6.51. The largest absolute Gasteiger partial charge is 0.389 e. The van der Waals surface area contributed by atoms with Crippen molar-refractivity contribution < 1.29 is 13.2 Å². The molecule has 0 bridgehead atoms. The van der Waals surface area contributed by atoms with Gasteiger partial charge in [-0.1, -0.05) is 6.42 Å². The minimum absolute atomic E-state index is 0.173. The number of rotatable bonds is 6. The Labute approximate surface area is 101 Å². The van der Waals surface area contributed by atoms with Crippen LogP contribution in [0.5, 0.6) is 0 Å². The molecular formula is C12H23F3N2. The van der Waals surface area contributed by atoms with Crippen LogP contribution in [0.2, 0.25) is 0 Å². The predicted molar refractivity (Wildman–Crippen MR) is 63.0 cm³/mol. The zero-order valence-electron chi connectivity index (χ0n) is 10.4. The van der Waals surface area contributed by atoms with Gasteiger partial charge in [0.05, 0.1) is 0 Å². The minimum Gasteiger partial charge on any atom is -0.314 e. The van der Waals surface area contributed by atoms with Crippen LogP contribution in [0.15, 0.2) is 0 Å². The van der Waals surface area contributed by atoms with E-state index in [1.54, 1.807) is 0 Å². The van der Waals surface area contributed by atoms with E-state index in [0.29, 0.717) is 18.6 Å². The topological polar surface area (TPSA) is 24.1 Å². The predicted octanol–water partition coefficient (Wildman–Crippen LogP) is 2.84. The summed E-state index contributed by atoms with van der Waals surface area (Å²) < 4.78 is 35.7. The summed E-state index contributed by atoms with van der Waals surface area (Å²) >= 11 is 0. The molecule has 2 nitrogen and oxygen atoms in total. The molecule has 0 aromatic rings. The SMILES string of the molecule is CC(CC1CCCCN1)NCCCC(F)(F)F. The second kappa shape index (κ2) is 7.21. The van der Waals surface area contributed by atoms with Gasteiger partial charge in [0, 0.05) is 18.5 Å². The average molecular weight is 252 g/mol. The van der Waals surface area contributed by atoms with Crippen molar-refractivity contribution in [1.29, 1.82) is 0 Å². The maximum atomic E-state index is 11.9. The Morgan fingerprint density at radius 2 is 2.12 bits per heavy atom. The first-order valence-corrected chi connectivity index (χ1v) is 6.51. The van der Waals surface area contributed by atoms with Gasteiger partial charge in [-0.2, -0.15) is 13.2 Å². The normalized spacial score (nSPS) is 23.6. The molecule has 1 aliphatic rings. The monoisotopic (exact) mass is 252 g/mol. The highest BCUT2D eigenvalue weighted by atomic mass is 19.4. The second-order valence-corrected chi connectivity index (χ2v) is 4.96. The van der Waals surface area contributed by atoms with Gasteiger partial charge < -0.3 is 10.6 Å². The van der Waals surface area contributed by atoms with E-state index in [9.17, 15) is 13.2 Å². The molecule has 0 aromatic heterocycles. The van der Waals surface area contributed by atoms with Gasteiger partial charge >= 0.3 is 6.18 Å². The first-order chi connectivity index (χ1) is 7.97. The number of alkyl halides is 3. The van der Waals surface area contributed by atoms with Crippen LogP contribution in [0.25, 0.3) is 0 Å². The van der Waals surface area contributed by atoms with Gasteiger partial charge in [-0.3, -0.25) is 0 Å². The summed E-state index contributed by atoms with van der Waals surface area (Å²) in [7, 11) is 0. The van der Waals surface area contributed by atoms with Gasteiger partial charge in [0.1, 0.15) is 0 Å². The maximum absolute atomic E-state index is 11.9. The van der Waals surface area contributed by atoms with Crippen molar-refractivity contribution in [3.63, 3.8) is 0 Å². The third-order valence-corrected chi connectivity index (χ3v) is 3.18. The fraction of sp³-hybridized carbons (Fsp3) is 1.00. The van der Waals surface area contributed by atoms with Crippen molar-refractivity contribution in [1.82, 2.24) is 10.6 Å². The molecular weight excluding hydrogens is 229 g/mol. The molecule has 0 radical (unpaired) electrons. The van der Waals surface area contributed by atoms with Crippen LogP contribution in [-0.2, 0) is 0 Å². The van der Waals surface area contributed by atoms with E-state index in [0.717, 1.165) is 13.0 Å². The molecule has 0 saturated carbocycles.